The third-order valence-electron chi connectivity index (χ3n) is 1.00. The highest BCUT2D eigenvalue weighted by Gasteiger charge is 2.36. The van der Waals surface area contributed by atoms with Crippen LogP contribution in [0.5, 0.6) is 0 Å². The molecule has 6 nitrogen and oxygen atoms in total. The first-order valence-electron chi connectivity index (χ1n) is 2.65. The van der Waals surface area contributed by atoms with E-state index in [0.717, 1.165) is 0 Å². The lowest BCUT2D eigenvalue weighted by molar-refractivity contribution is -0.252. The SMILES string of the molecule is O=S1(=O)OC2=CC=CON2O1. The maximum atomic E-state index is 10.6. The molecule has 1 saturated heterocycles. The maximum Gasteiger partial charge on any atom is 0.475 e. The molecule has 0 unspecified atom stereocenters. The summed E-state index contributed by atoms with van der Waals surface area (Å²) >= 11 is 0. The van der Waals surface area contributed by atoms with Crippen molar-refractivity contribution >= 4 is 10.4 Å². The molecule has 7 heteroatoms. The van der Waals surface area contributed by atoms with E-state index in [-0.39, 0.29) is 5.88 Å². The minimum Gasteiger partial charge on any atom is -0.358 e. The summed E-state index contributed by atoms with van der Waals surface area (Å²) in [5, 5.41) is 0.662. The Morgan fingerprint density at radius 3 is 3.00 bits per heavy atom. The van der Waals surface area contributed by atoms with Crippen molar-refractivity contribution in [1.82, 2.24) is 5.23 Å². The second-order valence-electron chi connectivity index (χ2n) is 1.76. The van der Waals surface area contributed by atoms with E-state index < -0.39 is 10.4 Å². The van der Waals surface area contributed by atoms with E-state index in [1.165, 1.54) is 18.4 Å². The van der Waals surface area contributed by atoms with E-state index in [0.29, 0.717) is 5.23 Å². The van der Waals surface area contributed by atoms with Crippen LogP contribution in [0.25, 0.3) is 0 Å². The summed E-state index contributed by atoms with van der Waals surface area (Å²) in [5.74, 6) is -0.00694. The predicted molar refractivity (Wildman–Crippen MR) is 31.2 cm³/mol. The Bertz CT molecular complexity index is 328. The van der Waals surface area contributed by atoms with Gasteiger partial charge in [0, 0.05) is 6.08 Å². The Morgan fingerprint density at radius 2 is 2.27 bits per heavy atom. The molecule has 0 atom stereocenters. The van der Waals surface area contributed by atoms with E-state index in [1.807, 2.05) is 0 Å². The van der Waals surface area contributed by atoms with Crippen molar-refractivity contribution in [2.24, 2.45) is 0 Å². The van der Waals surface area contributed by atoms with Gasteiger partial charge >= 0.3 is 10.4 Å². The van der Waals surface area contributed by atoms with Crippen LogP contribution < -0.4 is 0 Å². The smallest absolute Gasteiger partial charge is 0.358 e. The van der Waals surface area contributed by atoms with Gasteiger partial charge in [0.15, 0.2) is 0 Å². The Kier molecular flexibility index (Phi) is 1.12. The van der Waals surface area contributed by atoms with Crippen molar-refractivity contribution in [2.75, 3.05) is 0 Å². The molecule has 2 aliphatic rings. The van der Waals surface area contributed by atoms with Gasteiger partial charge in [-0.2, -0.15) is 8.42 Å². The Morgan fingerprint density at radius 1 is 1.45 bits per heavy atom. The molecule has 0 bridgehead atoms. The Balaban J connectivity index is 2.35. The number of fused-ring (bicyclic) bond motifs is 1. The second-order valence-corrected chi connectivity index (χ2v) is 2.89. The number of hydroxylamine groups is 2. The molecule has 1 fully saturated rings. The highest BCUT2D eigenvalue weighted by molar-refractivity contribution is 7.82. The van der Waals surface area contributed by atoms with Crippen molar-refractivity contribution in [1.29, 1.82) is 0 Å². The highest BCUT2D eigenvalue weighted by atomic mass is 32.3. The van der Waals surface area contributed by atoms with Crippen LogP contribution in [0, 0.1) is 0 Å². The fourth-order valence-corrected chi connectivity index (χ4v) is 1.27. The predicted octanol–water partition coefficient (Wildman–Crippen LogP) is -0.205. The fraction of sp³-hybridized carbons (Fsp3) is 0. The molecule has 0 spiro atoms. The van der Waals surface area contributed by atoms with Gasteiger partial charge < -0.3 is 9.02 Å². The quantitative estimate of drug-likeness (QED) is 0.510. The summed E-state index contributed by atoms with van der Waals surface area (Å²) in [5.41, 5.74) is 0. The van der Waals surface area contributed by atoms with Crippen LogP contribution in [-0.2, 0) is 23.7 Å². The number of hydrogen-bond acceptors (Lipinski definition) is 6. The van der Waals surface area contributed by atoms with Crippen LogP contribution in [0.1, 0.15) is 0 Å². The first-order chi connectivity index (χ1) is 5.17. The molecular weight excluding hydrogens is 174 g/mol. The van der Waals surface area contributed by atoms with E-state index in [1.54, 1.807) is 0 Å². The van der Waals surface area contributed by atoms with Crippen LogP contribution in [0.4, 0.5) is 0 Å². The molecule has 0 aliphatic carbocycles. The molecule has 2 aliphatic heterocycles. The zero-order valence-electron chi connectivity index (χ0n) is 5.13. The Labute approximate surface area is 62.5 Å². The second kappa shape index (κ2) is 1.89. The van der Waals surface area contributed by atoms with Gasteiger partial charge in [0.25, 0.3) is 5.88 Å². The van der Waals surface area contributed by atoms with Crippen LogP contribution in [-0.4, -0.2) is 13.6 Å². The molecule has 0 saturated carbocycles. The zero-order valence-corrected chi connectivity index (χ0v) is 5.95. The summed E-state index contributed by atoms with van der Waals surface area (Å²) in [6.07, 6.45) is 4.14. The van der Waals surface area contributed by atoms with E-state index >= 15 is 0 Å². The number of hydrogen-bond donors (Lipinski definition) is 0. The minimum atomic E-state index is -3.94. The van der Waals surface area contributed by atoms with Crippen molar-refractivity contribution in [3.8, 4) is 0 Å². The normalized spacial score (nSPS) is 25.1. The van der Waals surface area contributed by atoms with Gasteiger partial charge in [0.05, 0.1) is 0 Å². The van der Waals surface area contributed by atoms with Crippen LogP contribution in [0.2, 0.25) is 0 Å². The van der Waals surface area contributed by atoms with Crippen molar-refractivity contribution in [3.05, 3.63) is 24.3 Å². The van der Waals surface area contributed by atoms with Crippen LogP contribution >= 0.6 is 0 Å². The van der Waals surface area contributed by atoms with Gasteiger partial charge in [0.1, 0.15) is 6.26 Å². The third-order valence-corrected chi connectivity index (χ3v) is 1.69. The summed E-state index contributed by atoms with van der Waals surface area (Å²) < 4.78 is 29.6. The molecule has 0 N–H and O–H groups in total. The lowest BCUT2D eigenvalue weighted by atomic mass is 10.5. The van der Waals surface area contributed by atoms with E-state index in [9.17, 15) is 8.42 Å². The van der Waals surface area contributed by atoms with Gasteiger partial charge in [-0.15, -0.1) is 0 Å². The molecule has 11 heavy (non-hydrogen) atoms. The first-order valence-corrected chi connectivity index (χ1v) is 3.98. The monoisotopic (exact) mass is 177 g/mol. The zero-order chi connectivity index (χ0) is 7.90. The molecule has 2 heterocycles. The van der Waals surface area contributed by atoms with Gasteiger partial charge in [-0.05, 0) is 11.3 Å². The fourth-order valence-electron chi connectivity index (χ4n) is 0.640. The molecular formula is C4H3NO5S. The van der Waals surface area contributed by atoms with Gasteiger partial charge in [-0.1, -0.05) is 4.28 Å². The van der Waals surface area contributed by atoms with Crippen LogP contribution in [0.3, 0.4) is 0 Å². The lowest BCUT2D eigenvalue weighted by Crippen LogP contribution is -2.16. The van der Waals surface area contributed by atoms with Crippen molar-refractivity contribution in [2.45, 2.75) is 0 Å². The average Bonchev–Trinajstić information content (AvgIpc) is 2.21. The van der Waals surface area contributed by atoms with Gasteiger partial charge in [0.2, 0.25) is 0 Å². The molecule has 0 radical (unpaired) electrons. The molecule has 60 valence electrons. The third kappa shape index (κ3) is 1.03. The topological polar surface area (TPSA) is 65.1 Å². The molecule has 0 amide bonds. The summed E-state index contributed by atoms with van der Waals surface area (Å²) in [4.78, 5) is 4.60. The van der Waals surface area contributed by atoms with Crippen molar-refractivity contribution in [3.63, 3.8) is 0 Å². The van der Waals surface area contributed by atoms with Gasteiger partial charge in [-0.25, -0.2) is 0 Å². The largest absolute Gasteiger partial charge is 0.475 e. The summed E-state index contributed by atoms with van der Waals surface area (Å²) in [6.45, 7) is 0. The maximum absolute atomic E-state index is 10.6. The highest BCUT2D eigenvalue weighted by Crippen LogP contribution is 2.24. The molecule has 0 aromatic carbocycles. The molecule has 0 aromatic rings. The Hall–Kier alpha value is -1.21. The summed E-state index contributed by atoms with van der Waals surface area (Å²) in [6, 6.07) is 0. The minimum absolute atomic E-state index is 0.00694. The van der Waals surface area contributed by atoms with Gasteiger partial charge in [-0.3, -0.25) is 0 Å². The number of rotatable bonds is 0. The van der Waals surface area contributed by atoms with Crippen LogP contribution in [0.15, 0.2) is 24.3 Å². The molecule has 0 aromatic heterocycles. The first kappa shape index (κ1) is 6.50. The summed E-state index contributed by atoms with van der Waals surface area (Å²) in [7, 11) is -3.94. The average molecular weight is 177 g/mol. The number of allylic oxidation sites excluding steroid dienone is 2. The number of nitrogens with zero attached hydrogens (tertiary/aromatic N) is 1. The van der Waals surface area contributed by atoms with E-state index in [4.69, 9.17) is 0 Å². The lowest BCUT2D eigenvalue weighted by Gasteiger charge is -2.10. The van der Waals surface area contributed by atoms with E-state index in [2.05, 4.69) is 13.3 Å². The molecule has 2 rings (SSSR count). The standard InChI is InChI=1S/C4H3NO5S/c6-11(7)9-4-2-1-3-8-5(4)10-11/h1-3H. The van der Waals surface area contributed by atoms with Crippen molar-refractivity contribution < 1.29 is 21.7 Å².